The Morgan fingerprint density at radius 2 is 1.36 bits per heavy atom. The molecule has 0 radical (unpaired) electrons. The monoisotopic (exact) mass is 299 g/mol. The maximum absolute atomic E-state index is 6.02. The molecule has 0 aliphatic carbocycles. The van der Waals surface area contributed by atoms with Crippen LogP contribution in [0.3, 0.4) is 0 Å². The van der Waals surface area contributed by atoms with Gasteiger partial charge in [-0.05, 0) is 53.7 Å². The van der Waals surface area contributed by atoms with Crippen LogP contribution in [0, 0.1) is 13.8 Å². The fourth-order valence-electron chi connectivity index (χ4n) is 2.53. The van der Waals surface area contributed by atoms with Crippen molar-refractivity contribution in [1.82, 2.24) is 14.5 Å². The topological polar surface area (TPSA) is 49.2 Å². The smallest absolute Gasteiger partial charge is 0.399 e. The average Bonchev–Trinajstić information content (AvgIpc) is 2.87. The molecule has 3 heterocycles. The van der Waals surface area contributed by atoms with Gasteiger partial charge < -0.3 is 9.31 Å². The molecular formula is C16H22BN3O2. The van der Waals surface area contributed by atoms with Gasteiger partial charge in [0.05, 0.1) is 11.2 Å². The van der Waals surface area contributed by atoms with E-state index in [1.54, 1.807) is 12.4 Å². The Balaban J connectivity index is 1.87. The summed E-state index contributed by atoms with van der Waals surface area (Å²) in [7, 11) is -0.425. The van der Waals surface area contributed by atoms with Crippen molar-refractivity contribution in [3.8, 4) is 5.95 Å². The van der Waals surface area contributed by atoms with Crippen LogP contribution in [-0.2, 0) is 9.31 Å². The third-order valence-corrected chi connectivity index (χ3v) is 4.65. The van der Waals surface area contributed by atoms with Crippen molar-refractivity contribution < 1.29 is 9.31 Å². The van der Waals surface area contributed by atoms with Crippen LogP contribution in [-0.4, -0.2) is 32.9 Å². The zero-order valence-corrected chi connectivity index (χ0v) is 14.0. The first-order valence-electron chi connectivity index (χ1n) is 7.54. The molecule has 0 atom stereocenters. The van der Waals surface area contributed by atoms with Gasteiger partial charge in [-0.2, -0.15) is 0 Å². The lowest BCUT2D eigenvalue weighted by Crippen LogP contribution is -2.41. The molecule has 0 saturated carbocycles. The van der Waals surface area contributed by atoms with E-state index in [-0.39, 0.29) is 11.2 Å². The van der Waals surface area contributed by atoms with Gasteiger partial charge >= 0.3 is 7.12 Å². The molecule has 1 saturated heterocycles. The zero-order valence-electron chi connectivity index (χ0n) is 14.0. The summed E-state index contributed by atoms with van der Waals surface area (Å²) < 4.78 is 14.1. The van der Waals surface area contributed by atoms with E-state index in [9.17, 15) is 0 Å². The minimum Gasteiger partial charge on any atom is -0.399 e. The number of nitrogens with zero attached hydrogens (tertiary/aromatic N) is 3. The molecule has 3 rings (SSSR count). The van der Waals surface area contributed by atoms with Gasteiger partial charge in [0, 0.05) is 29.2 Å². The van der Waals surface area contributed by atoms with E-state index in [1.165, 1.54) is 0 Å². The molecule has 0 N–H and O–H groups in total. The van der Waals surface area contributed by atoms with E-state index >= 15 is 0 Å². The molecular weight excluding hydrogens is 277 g/mol. The van der Waals surface area contributed by atoms with Crippen molar-refractivity contribution in [3.63, 3.8) is 0 Å². The first-order chi connectivity index (χ1) is 10.2. The van der Waals surface area contributed by atoms with E-state index in [2.05, 4.69) is 22.1 Å². The molecule has 0 unspecified atom stereocenters. The molecule has 0 aromatic carbocycles. The molecule has 1 aliphatic rings. The van der Waals surface area contributed by atoms with Crippen LogP contribution >= 0.6 is 0 Å². The summed E-state index contributed by atoms with van der Waals surface area (Å²) >= 11 is 0. The first-order valence-corrected chi connectivity index (χ1v) is 7.54. The van der Waals surface area contributed by atoms with Gasteiger partial charge in [0.25, 0.3) is 0 Å². The van der Waals surface area contributed by atoms with Crippen LogP contribution in [0.15, 0.2) is 24.5 Å². The predicted octanol–water partition coefficient (Wildman–Crippen LogP) is 2.18. The Morgan fingerprint density at radius 3 is 1.82 bits per heavy atom. The van der Waals surface area contributed by atoms with E-state index < -0.39 is 7.12 Å². The van der Waals surface area contributed by atoms with E-state index in [0.29, 0.717) is 5.95 Å². The van der Waals surface area contributed by atoms with E-state index in [1.807, 2.05) is 46.1 Å². The SMILES string of the molecule is Cc1ccc(C)n1-c1ncc(B2OC(C)(C)C(C)(C)O2)cn1. The molecule has 5 nitrogen and oxygen atoms in total. The van der Waals surface area contributed by atoms with Gasteiger partial charge in [-0.3, -0.25) is 4.57 Å². The summed E-state index contributed by atoms with van der Waals surface area (Å²) in [6.07, 6.45) is 3.56. The van der Waals surface area contributed by atoms with Crippen molar-refractivity contribution in [2.75, 3.05) is 0 Å². The fraction of sp³-hybridized carbons (Fsp3) is 0.500. The van der Waals surface area contributed by atoms with Gasteiger partial charge in [-0.15, -0.1) is 0 Å². The zero-order chi connectivity index (χ0) is 16.1. The average molecular weight is 299 g/mol. The third kappa shape index (κ3) is 2.36. The van der Waals surface area contributed by atoms with E-state index in [4.69, 9.17) is 9.31 Å². The molecule has 2 aromatic rings. The van der Waals surface area contributed by atoms with Crippen molar-refractivity contribution >= 4 is 12.6 Å². The lowest BCUT2D eigenvalue weighted by Gasteiger charge is -2.32. The van der Waals surface area contributed by atoms with Crippen LogP contribution in [0.25, 0.3) is 5.95 Å². The molecule has 0 bridgehead atoms. The molecule has 1 fully saturated rings. The third-order valence-electron chi connectivity index (χ3n) is 4.65. The number of aryl methyl sites for hydroxylation is 2. The summed E-state index contributed by atoms with van der Waals surface area (Å²) in [5.74, 6) is 0.667. The minimum atomic E-state index is -0.425. The molecule has 0 spiro atoms. The number of rotatable bonds is 2. The van der Waals surface area contributed by atoms with Crippen molar-refractivity contribution in [1.29, 1.82) is 0 Å². The second-order valence-corrected chi connectivity index (χ2v) is 6.86. The molecule has 2 aromatic heterocycles. The summed E-state index contributed by atoms with van der Waals surface area (Å²) in [4.78, 5) is 8.95. The lowest BCUT2D eigenvalue weighted by atomic mass is 9.81. The highest BCUT2D eigenvalue weighted by Gasteiger charge is 2.51. The van der Waals surface area contributed by atoms with E-state index in [0.717, 1.165) is 16.9 Å². The largest absolute Gasteiger partial charge is 0.498 e. The normalized spacial score (nSPS) is 19.6. The molecule has 22 heavy (non-hydrogen) atoms. The Labute approximate surface area is 131 Å². The predicted molar refractivity (Wildman–Crippen MR) is 86.5 cm³/mol. The lowest BCUT2D eigenvalue weighted by molar-refractivity contribution is 0.00578. The van der Waals surface area contributed by atoms with Gasteiger partial charge in [-0.1, -0.05) is 0 Å². The Kier molecular flexibility index (Phi) is 3.42. The van der Waals surface area contributed by atoms with Crippen LogP contribution in [0.1, 0.15) is 39.1 Å². The Bertz CT molecular complexity index is 656. The fourth-order valence-corrected chi connectivity index (χ4v) is 2.53. The highest BCUT2D eigenvalue weighted by Crippen LogP contribution is 2.36. The van der Waals surface area contributed by atoms with Crippen LogP contribution in [0.2, 0.25) is 0 Å². The quantitative estimate of drug-likeness (QED) is 0.798. The number of hydrogen-bond acceptors (Lipinski definition) is 4. The van der Waals surface area contributed by atoms with Gasteiger partial charge in [0.2, 0.25) is 5.95 Å². The highest BCUT2D eigenvalue weighted by molar-refractivity contribution is 6.61. The molecule has 1 aliphatic heterocycles. The van der Waals surface area contributed by atoms with Crippen LogP contribution in [0.5, 0.6) is 0 Å². The standard InChI is InChI=1S/C16H22BN3O2/c1-11-7-8-12(2)20(11)14-18-9-13(10-19-14)17-21-15(3,4)16(5,6)22-17/h7-10H,1-6H3. The summed E-state index contributed by atoms with van der Waals surface area (Å²) in [5.41, 5.74) is 2.35. The van der Waals surface area contributed by atoms with Crippen molar-refractivity contribution in [2.24, 2.45) is 0 Å². The van der Waals surface area contributed by atoms with Crippen LogP contribution < -0.4 is 5.46 Å². The maximum atomic E-state index is 6.02. The molecule has 0 amide bonds. The second-order valence-electron chi connectivity index (χ2n) is 6.86. The summed E-state index contributed by atoms with van der Waals surface area (Å²) in [6, 6.07) is 4.11. The number of hydrogen-bond donors (Lipinski definition) is 0. The van der Waals surface area contributed by atoms with Gasteiger partial charge in [0.1, 0.15) is 0 Å². The summed E-state index contributed by atoms with van der Waals surface area (Å²) in [6.45, 7) is 12.2. The first kappa shape index (κ1) is 15.2. The maximum Gasteiger partial charge on any atom is 0.498 e. The van der Waals surface area contributed by atoms with Crippen LogP contribution in [0.4, 0.5) is 0 Å². The summed E-state index contributed by atoms with van der Waals surface area (Å²) in [5, 5.41) is 0. The number of aromatic nitrogens is 3. The molecule has 116 valence electrons. The van der Waals surface area contributed by atoms with Gasteiger partial charge in [0.15, 0.2) is 0 Å². The second kappa shape index (κ2) is 4.93. The van der Waals surface area contributed by atoms with Crippen molar-refractivity contribution in [2.45, 2.75) is 52.7 Å². The highest BCUT2D eigenvalue weighted by atomic mass is 16.7. The van der Waals surface area contributed by atoms with Gasteiger partial charge in [-0.25, -0.2) is 9.97 Å². The molecule has 6 heteroatoms. The Hall–Kier alpha value is -1.66. The Morgan fingerprint density at radius 1 is 0.909 bits per heavy atom. The minimum absolute atomic E-state index is 0.357. The van der Waals surface area contributed by atoms with Crippen molar-refractivity contribution in [3.05, 3.63) is 35.9 Å².